The predicted octanol–water partition coefficient (Wildman–Crippen LogP) is 0.619. The molecule has 0 aromatic rings. The average molecular weight is 190 g/mol. The van der Waals surface area contributed by atoms with E-state index in [0.29, 0.717) is 0 Å². The molecule has 1 unspecified atom stereocenters. The minimum Gasteiger partial charge on any atom is -0.368 e. The summed E-state index contributed by atoms with van der Waals surface area (Å²) in [6, 6.07) is 0. The van der Waals surface area contributed by atoms with E-state index in [9.17, 15) is 0 Å². The molecule has 78 valence electrons. The summed E-state index contributed by atoms with van der Waals surface area (Å²) in [6.45, 7) is 2.57. The van der Waals surface area contributed by atoms with Gasteiger partial charge in [0.25, 0.3) is 0 Å². The molecule has 1 aliphatic rings. The van der Waals surface area contributed by atoms with Crippen molar-refractivity contribution in [3.63, 3.8) is 0 Å². The van der Waals surface area contributed by atoms with Gasteiger partial charge in [0.05, 0.1) is 6.10 Å². The van der Waals surface area contributed by atoms with Crippen LogP contribution in [-0.2, 0) is 9.47 Å². The minimum atomic E-state index is -1.29. The van der Waals surface area contributed by atoms with Gasteiger partial charge in [-0.3, -0.25) is 0 Å². The van der Waals surface area contributed by atoms with E-state index in [4.69, 9.17) is 19.7 Å². The van der Waals surface area contributed by atoms with Crippen LogP contribution in [0.15, 0.2) is 0 Å². The van der Waals surface area contributed by atoms with Gasteiger partial charge in [0.15, 0.2) is 12.6 Å². The van der Waals surface area contributed by atoms with Crippen molar-refractivity contribution in [2.24, 2.45) is 0 Å². The lowest BCUT2D eigenvalue weighted by Crippen LogP contribution is -2.28. The normalized spacial score (nSPS) is 26.3. The van der Waals surface area contributed by atoms with Crippen molar-refractivity contribution in [3.8, 4) is 0 Å². The Morgan fingerprint density at radius 2 is 2.23 bits per heavy atom. The molecule has 2 atom stereocenters. The zero-order valence-electron chi connectivity index (χ0n) is 7.98. The van der Waals surface area contributed by atoms with Gasteiger partial charge in [-0.15, -0.1) is 0 Å². The number of aliphatic hydroxyl groups is 2. The van der Waals surface area contributed by atoms with E-state index >= 15 is 0 Å². The maximum atomic E-state index is 8.69. The standard InChI is InChI=1S/C9H18O4/c1-7(6-8(10)11)13-9-4-2-3-5-12-9/h7-11H,2-6H2,1H3/t7-,9?/m1/s1. The topological polar surface area (TPSA) is 58.9 Å². The molecule has 0 saturated carbocycles. The molecule has 1 rings (SSSR count). The first-order valence-corrected chi connectivity index (χ1v) is 4.81. The van der Waals surface area contributed by atoms with E-state index in [1.165, 1.54) is 0 Å². The van der Waals surface area contributed by atoms with Gasteiger partial charge in [0, 0.05) is 13.0 Å². The highest BCUT2D eigenvalue weighted by atomic mass is 16.7. The summed E-state index contributed by atoms with van der Waals surface area (Å²) in [7, 11) is 0. The van der Waals surface area contributed by atoms with Crippen LogP contribution in [0.3, 0.4) is 0 Å². The van der Waals surface area contributed by atoms with Crippen molar-refractivity contribution in [2.45, 2.75) is 51.3 Å². The summed E-state index contributed by atoms with van der Waals surface area (Å²) in [5, 5.41) is 17.4. The lowest BCUT2D eigenvalue weighted by atomic mass is 10.2. The second kappa shape index (κ2) is 5.54. The number of ether oxygens (including phenoxy) is 2. The molecule has 1 aliphatic heterocycles. The zero-order valence-corrected chi connectivity index (χ0v) is 7.98. The van der Waals surface area contributed by atoms with E-state index in [1.54, 1.807) is 0 Å². The molecule has 0 amide bonds. The minimum absolute atomic E-state index is 0.150. The maximum absolute atomic E-state index is 8.69. The van der Waals surface area contributed by atoms with Crippen molar-refractivity contribution in [1.82, 2.24) is 0 Å². The Morgan fingerprint density at radius 3 is 2.77 bits per heavy atom. The summed E-state index contributed by atoms with van der Waals surface area (Å²) in [5.74, 6) is 0. The summed E-state index contributed by atoms with van der Waals surface area (Å²) < 4.78 is 10.8. The van der Waals surface area contributed by atoms with Crippen molar-refractivity contribution in [2.75, 3.05) is 6.61 Å². The highest BCUT2D eigenvalue weighted by molar-refractivity contribution is 4.58. The van der Waals surface area contributed by atoms with Crippen LogP contribution in [0.2, 0.25) is 0 Å². The third-order valence-corrected chi connectivity index (χ3v) is 2.06. The molecule has 0 aliphatic carbocycles. The molecular formula is C9H18O4. The third kappa shape index (κ3) is 4.57. The molecule has 1 heterocycles. The van der Waals surface area contributed by atoms with E-state index < -0.39 is 6.29 Å². The Hall–Kier alpha value is -0.160. The molecule has 1 fully saturated rings. The van der Waals surface area contributed by atoms with Crippen LogP contribution in [0.5, 0.6) is 0 Å². The Kier molecular flexibility index (Phi) is 4.66. The number of hydrogen-bond acceptors (Lipinski definition) is 4. The molecule has 0 bridgehead atoms. The van der Waals surface area contributed by atoms with Gasteiger partial charge < -0.3 is 19.7 Å². The van der Waals surface area contributed by atoms with Gasteiger partial charge >= 0.3 is 0 Å². The van der Waals surface area contributed by atoms with E-state index in [1.807, 2.05) is 6.92 Å². The van der Waals surface area contributed by atoms with Gasteiger partial charge in [-0.1, -0.05) is 0 Å². The van der Waals surface area contributed by atoms with Crippen LogP contribution in [0.25, 0.3) is 0 Å². The fraction of sp³-hybridized carbons (Fsp3) is 1.00. The summed E-state index contributed by atoms with van der Waals surface area (Å²) >= 11 is 0. The van der Waals surface area contributed by atoms with Gasteiger partial charge in [0.1, 0.15) is 0 Å². The summed E-state index contributed by atoms with van der Waals surface area (Å²) in [4.78, 5) is 0. The van der Waals surface area contributed by atoms with Crippen LogP contribution in [0, 0.1) is 0 Å². The maximum Gasteiger partial charge on any atom is 0.157 e. The molecule has 0 radical (unpaired) electrons. The van der Waals surface area contributed by atoms with Crippen LogP contribution in [0.1, 0.15) is 32.6 Å². The van der Waals surface area contributed by atoms with Crippen LogP contribution in [0.4, 0.5) is 0 Å². The predicted molar refractivity (Wildman–Crippen MR) is 47.0 cm³/mol. The smallest absolute Gasteiger partial charge is 0.157 e. The van der Waals surface area contributed by atoms with Gasteiger partial charge in [-0.05, 0) is 26.2 Å². The average Bonchev–Trinajstić information content (AvgIpc) is 2.04. The zero-order chi connectivity index (χ0) is 9.68. The first kappa shape index (κ1) is 10.9. The second-order valence-electron chi connectivity index (χ2n) is 3.46. The first-order chi connectivity index (χ1) is 6.18. The molecule has 2 N–H and O–H groups in total. The van der Waals surface area contributed by atoms with E-state index in [2.05, 4.69) is 0 Å². The van der Waals surface area contributed by atoms with E-state index in [-0.39, 0.29) is 18.8 Å². The quantitative estimate of drug-likeness (QED) is 0.638. The lowest BCUT2D eigenvalue weighted by Gasteiger charge is -2.26. The third-order valence-electron chi connectivity index (χ3n) is 2.06. The van der Waals surface area contributed by atoms with Gasteiger partial charge in [0.2, 0.25) is 0 Å². The fourth-order valence-electron chi connectivity index (χ4n) is 1.43. The number of rotatable bonds is 4. The molecule has 4 heteroatoms. The largest absolute Gasteiger partial charge is 0.368 e. The van der Waals surface area contributed by atoms with Crippen LogP contribution < -0.4 is 0 Å². The Bertz CT molecular complexity index is 132. The SMILES string of the molecule is C[C@H](CC(O)O)OC1CCCCO1. The summed E-state index contributed by atoms with van der Waals surface area (Å²) in [5.41, 5.74) is 0. The lowest BCUT2D eigenvalue weighted by molar-refractivity contribution is -0.197. The molecule has 4 nitrogen and oxygen atoms in total. The monoisotopic (exact) mass is 190 g/mol. The van der Waals surface area contributed by atoms with Crippen molar-refractivity contribution in [1.29, 1.82) is 0 Å². The van der Waals surface area contributed by atoms with Crippen molar-refractivity contribution < 1.29 is 19.7 Å². The van der Waals surface area contributed by atoms with Crippen molar-refractivity contribution in [3.05, 3.63) is 0 Å². The summed E-state index contributed by atoms with van der Waals surface area (Å²) in [6.07, 6.45) is 1.76. The molecule has 1 saturated heterocycles. The Morgan fingerprint density at radius 1 is 1.46 bits per heavy atom. The van der Waals surface area contributed by atoms with E-state index in [0.717, 1.165) is 25.9 Å². The van der Waals surface area contributed by atoms with Gasteiger partial charge in [-0.2, -0.15) is 0 Å². The number of aliphatic hydroxyl groups excluding tert-OH is 1. The van der Waals surface area contributed by atoms with Crippen LogP contribution >= 0.6 is 0 Å². The highest BCUT2D eigenvalue weighted by Crippen LogP contribution is 2.16. The van der Waals surface area contributed by atoms with Crippen LogP contribution in [-0.4, -0.2) is 35.5 Å². The number of hydrogen-bond donors (Lipinski definition) is 2. The Labute approximate surface area is 78.5 Å². The van der Waals surface area contributed by atoms with Crippen molar-refractivity contribution >= 4 is 0 Å². The molecular weight excluding hydrogens is 172 g/mol. The Balaban J connectivity index is 2.14. The first-order valence-electron chi connectivity index (χ1n) is 4.81. The van der Waals surface area contributed by atoms with Gasteiger partial charge in [-0.25, -0.2) is 0 Å². The second-order valence-corrected chi connectivity index (χ2v) is 3.46. The molecule has 13 heavy (non-hydrogen) atoms. The molecule has 0 aromatic carbocycles. The molecule has 0 aromatic heterocycles. The highest BCUT2D eigenvalue weighted by Gasteiger charge is 2.18. The fourth-order valence-corrected chi connectivity index (χ4v) is 1.43. The molecule has 0 spiro atoms.